The standard InChI is InChI=1S/C20H30O5/c1-16(2)6-5-7-17(3)13(16)10-14(21)18(4,23)20(17)9-8-19(25-20)11-15(22)24-12-19/h13,23H,5-12H2,1-4H3/t13-,17-,18-,19-,20-/m0/s1. The van der Waals surface area contributed by atoms with E-state index >= 15 is 0 Å². The maximum atomic E-state index is 13.0. The molecule has 0 aromatic carbocycles. The monoisotopic (exact) mass is 350 g/mol. The summed E-state index contributed by atoms with van der Waals surface area (Å²) in [6.07, 6.45) is 4.99. The highest BCUT2D eigenvalue weighted by Gasteiger charge is 2.74. The summed E-state index contributed by atoms with van der Waals surface area (Å²) in [5, 5.41) is 11.4. The summed E-state index contributed by atoms with van der Waals surface area (Å²) in [6, 6.07) is 0. The molecule has 0 radical (unpaired) electrons. The number of cyclic esters (lactones) is 1. The highest BCUT2D eigenvalue weighted by molar-refractivity contribution is 5.90. The van der Waals surface area contributed by atoms with Crippen molar-refractivity contribution in [3.63, 3.8) is 0 Å². The number of hydrogen-bond acceptors (Lipinski definition) is 5. The zero-order chi connectivity index (χ0) is 18.3. The molecule has 0 amide bonds. The van der Waals surface area contributed by atoms with Crippen LogP contribution in [0.3, 0.4) is 0 Å². The Morgan fingerprint density at radius 2 is 1.76 bits per heavy atom. The van der Waals surface area contributed by atoms with Crippen molar-refractivity contribution in [1.82, 2.24) is 0 Å². The molecule has 2 saturated carbocycles. The van der Waals surface area contributed by atoms with Crippen molar-refractivity contribution in [3.8, 4) is 0 Å². The summed E-state index contributed by atoms with van der Waals surface area (Å²) in [4.78, 5) is 24.7. The highest BCUT2D eigenvalue weighted by Crippen LogP contribution is 2.68. The first-order valence-corrected chi connectivity index (χ1v) is 9.60. The van der Waals surface area contributed by atoms with Gasteiger partial charge in [0.1, 0.15) is 23.4 Å². The van der Waals surface area contributed by atoms with E-state index in [9.17, 15) is 14.7 Å². The molecule has 5 atom stereocenters. The van der Waals surface area contributed by atoms with Crippen LogP contribution in [0.15, 0.2) is 0 Å². The lowest BCUT2D eigenvalue weighted by atomic mass is 9.43. The van der Waals surface area contributed by atoms with E-state index in [4.69, 9.17) is 9.47 Å². The maximum absolute atomic E-state index is 13.0. The van der Waals surface area contributed by atoms with Crippen LogP contribution in [-0.2, 0) is 19.1 Å². The Labute approximate surface area is 149 Å². The molecule has 0 unspecified atom stereocenters. The van der Waals surface area contributed by atoms with Gasteiger partial charge >= 0.3 is 5.97 Å². The summed E-state index contributed by atoms with van der Waals surface area (Å²) in [5.74, 6) is -0.189. The number of Topliss-reactive ketones (excluding diaryl/α,β-unsaturated/α-hetero) is 1. The third-order valence-electron chi connectivity index (χ3n) is 8.16. The van der Waals surface area contributed by atoms with E-state index in [2.05, 4.69) is 20.8 Å². The van der Waals surface area contributed by atoms with Crippen molar-refractivity contribution in [2.75, 3.05) is 6.61 Å². The van der Waals surface area contributed by atoms with Gasteiger partial charge in [0.15, 0.2) is 5.78 Å². The van der Waals surface area contributed by atoms with Gasteiger partial charge in [-0.1, -0.05) is 27.2 Å². The first kappa shape index (κ1) is 17.5. The molecule has 4 fully saturated rings. The predicted octanol–water partition coefficient (Wildman–Crippen LogP) is 2.78. The molecular weight excluding hydrogens is 320 g/mol. The van der Waals surface area contributed by atoms with Crippen LogP contribution in [0.4, 0.5) is 0 Å². The summed E-state index contributed by atoms with van der Waals surface area (Å²) in [7, 11) is 0. The molecule has 0 aromatic rings. The SMILES string of the molecule is CC1(C)CCC[C@@]2(C)[C@H]1CC(=O)[C@](C)(O)[C@]21CC[C@]2(COC(=O)C2)O1. The van der Waals surface area contributed by atoms with Crippen LogP contribution in [0.5, 0.6) is 0 Å². The molecule has 0 aromatic heterocycles. The van der Waals surface area contributed by atoms with Gasteiger partial charge in [-0.15, -0.1) is 0 Å². The smallest absolute Gasteiger partial charge is 0.308 e. The van der Waals surface area contributed by atoms with E-state index in [-0.39, 0.29) is 41.5 Å². The minimum atomic E-state index is -1.53. The van der Waals surface area contributed by atoms with E-state index in [1.54, 1.807) is 6.92 Å². The van der Waals surface area contributed by atoms with Gasteiger partial charge in [0, 0.05) is 11.8 Å². The number of aliphatic hydroxyl groups is 1. The molecular formula is C20H30O5. The van der Waals surface area contributed by atoms with Crippen LogP contribution in [0, 0.1) is 16.7 Å². The molecule has 2 aliphatic carbocycles. The Bertz CT molecular complexity index is 638. The van der Waals surface area contributed by atoms with E-state index in [1.807, 2.05) is 0 Å². The Morgan fingerprint density at radius 3 is 2.40 bits per heavy atom. The minimum absolute atomic E-state index is 0.0350. The van der Waals surface area contributed by atoms with E-state index < -0.39 is 16.8 Å². The van der Waals surface area contributed by atoms with Crippen molar-refractivity contribution < 1.29 is 24.2 Å². The van der Waals surface area contributed by atoms with Gasteiger partial charge in [-0.25, -0.2) is 0 Å². The van der Waals surface area contributed by atoms with Crippen LogP contribution in [-0.4, -0.2) is 40.3 Å². The fourth-order valence-corrected chi connectivity index (χ4v) is 6.70. The minimum Gasteiger partial charge on any atom is -0.463 e. The average molecular weight is 350 g/mol. The Hall–Kier alpha value is -0.940. The van der Waals surface area contributed by atoms with Crippen LogP contribution in [0.2, 0.25) is 0 Å². The molecule has 1 N–H and O–H groups in total. The molecule has 0 bridgehead atoms. The predicted molar refractivity (Wildman–Crippen MR) is 90.8 cm³/mol. The zero-order valence-corrected chi connectivity index (χ0v) is 15.8. The second kappa shape index (κ2) is 4.86. The third-order valence-corrected chi connectivity index (χ3v) is 8.16. The van der Waals surface area contributed by atoms with Crippen molar-refractivity contribution in [2.24, 2.45) is 16.7 Å². The summed E-state index contributed by atoms with van der Waals surface area (Å²) in [5.41, 5.74) is -3.39. The summed E-state index contributed by atoms with van der Waals surface area (Å²) < 4.78 is 11.8. The lowest BCUT2D eigenvalue weighted by Crippen LogP contribution is -2.73. The fourth-order valence-electron chi connectivity index (χ4n) is 6.70. The molecule has 25 heavy (non-hydrogen) atoms. The van der Waals surface area contributed by atoms with Gasteiger partial charge in [-0.2, -0.15) is 0 Å². The van der Waals surface area contributed by atoms with E-state index in [0.717, 1.165) is 19.3 Å². The molecule has 2 saturated heterocycles. The fraction of sp³-hybridized carbons (Fsp3) is 0.900. The topological polar surface area (TPSA) is 72.8 Å². The largest absolute Gasteiger partial charge is 0.463 e. The summed E-state index contributed by atoms with van der Waals surface area (Å²) >= 11 is 0. The number of carbonyl (C=O) groups is 2. The van der Waals surface area contributed by atoms with Crippen molar-refractivity contribution in [1.29, 1.82) is 0 Å². The quantitative estimate of drug-likeness (QED) is 0.680. The molecule has 2 heterocycles. The van der Waals surface area contributed by atoms with Crippen LogP contribution < -0.4 is 0 Å². The first-order chi connectivity index (χ1) is 11.5. The van der Waals surface area contributed by atoms with Gasteiger partial charge in [0.2, 0.25) is 0 Å². The molecule has 2 spiro atoms. The highest BCUT2D eigenvalue weighted by atomic mass is 16.6. The molecule has 5 nitrogen and oxygen atoms in total. The van der Waals surface area contributed by atoms with E-state index in [0.29, 0.717) is 19.3 Å². The van der Waals surface area contributed by atoms with Gasteiger partial charge in [0.25, 0.3) is 0 Å². The maximum Gasteiger partial charge on any atom is 0.308 e. The Kier molecular flexibility index (Phi) is 3.40. The van der Waals surface area contributed by atoms with Crippen molar-refractivity contribution in [3.05, 3.63) is 0 Å². The van der Waals surface area contributed by atoms with Crippen molar-refractivity contribution >= 4 is 11.8 Å². The van der Waals surface area contributed by atoms with Gasteiger partial charge in [0.05, 0.1) is 6.42 Å². The normalized spacial score (nSPS) is 51.8. The first-order valence-electron chi connectivity index (χ1n) is 9.60. The Morgan fingerprint density at radius 1 is 1.04 bits per heavy atom. The second-order valence-electron chi connectivity index (χ2n) is 9.96. The molecule has 2 aliphatic heterocycles. The lowest BCUT2D eigenvalue weighted by molar-refractivity contribution is -0.282. The number of ether oxygens (including phenoxy) is 2. The van der Waals surface area contributed by atoms with Gasteiger partial charge in [-0.05, 0) is 43.9 Å². The van der Waals surface area contributed by atoms with Crippen LogP contribution in [0.25, 0.3) is 0 Å². The van der Waals surface area contributed by atoms with Crippen molar-refractivity contribution in [2.45, 2.75) is 89.4 Å². The zero-order valence-electron chi connectivity index (χ0n) is 15.8. The number of fused-ring (bicyclic) bond motifs is 2. The number of ketones is 1. The molecule has 4 aliphatic rings. The number of hydrogen-bond donors (Lipinski definition) is 1. The van der Waals surface area contributed by atoms with Crippen LogP contribution >= 0.6 is 0 Å². The molecule has 140 valence electrons. The van der Waals surface area contributed by atoms with Gasteiger partial charge in [-0.3, -0.25) is 9.59 Å². The molecule has 5 heteroatoms. The lowest BCUT2D eigenvalue weighted by Gasteiger charge is -2.65. The second-order valence-corrected chi connectivity index (χ2v) is 9.96. The third kappa shape index (κ3) is 2.03. The molecule has 4 rings (SSSR count). The van der Waals surface area contributed by atoms with Gasteiger partial charge < -0.3 is 14.6 Å². The average Bonchev–Trinajstić information content (AvgIpc) is 3.06. The summed E-state index contributed by atoms with van der Waals surface area (Å²) in [6.45, 7) is 8.55. The van der Waals surface area contributed by atoms with Crippen LogP contribution in [0.1, 0.15) is 72.6 Å². The Balaban J connectivity index is 1.83. The number of carbonyl (C=O) groups excluding carboxylic acids is 2. The van der Waals surface area contributed by atoms with E-state index in [1.165, 1.54) is 0 Å². The number of rotatable bonds is 0. The number of esters is 1.